The van der Waals surface area contributed by atoms with Gasteiger partial charge in [-0.2, -0.15) is 5.10 Å². The largest absolute Gasteiger partial charge is 0.507 e. The first kappa shape index (κ1) is 18.6. The van der Waals surface area contributed by atoms with E-state index in [9.17, 15) is 5.11 Å². The van der Waals surface area contributed by atoms with Crippen LogP contribution >= 0.6 is 12.2 Å². The van der Waals surface area contributed by atoms with Gasteiger partial charge in [0, 0.05) is 13.0 Å². The van der Waals surface area contributed by atoms with E-state index in [1.54, 1.807) is 11.1 Å². The summed E-state index contributed by atoms with van der Waals surface area (Å²) in [5.74, 6) is 0.333. The summed E-state index contributed by atoms with van der Waals surface area (Å²) in [7, 11) is 0. The lowest BCUT2D eigenvalue weighted by Gasteiger charge is -2.23. The summed E-state index contributed by atoms with van der Waals surface area (Å²) in [6.45, 7) is 9.64. The van der Waals surface area contributed by atoms with Gasteiger partial charge >= 0.3 is 0 Å². The van der Waals surface area contributed by atoms with Gasteiger partial charge in [0.15, 0.2) is 5.11 Å². The van der Waals surface area contributed by atoms with E-state index in [1.807, 2.05) is 26.0 Å². The highest BCUT2D eigenvalue weighted by molar-refractivity contribution is 7.80. The Morgan fingerprint density at radius 3 is 2.67 bits per heavy atom. The number of hydrogen-bond donors (Lipinski definition) is 4. The zero-order valence-electron chi connectivity index (χ0n) is 14.4. The second-order valence-corrected chi connectivity index (χ2v) is 6.50. The van der Waals surface area contributed by atoms with E-state index >= 15 is 0 Å². The third-order valence-electron chi connectivity index (χ3n) is 4.09. The van der Waals surface area contributed by atoms with Crippen molar-refractivity contribution in [1.82, 2.24) is 10.7 Å². The van der Waals surface area contributed by atoms with Gasteiger partial charge in [-0.05, 0) is 54.9 Å². The van der Waals surface area contributed by atoms with Crippen molar-refractivity contribution < 1.29 is 14.7 Å². The number of ether oxygens (including phenoxy) is 1. The fourth-order valence-corrected chi connectivity index (χ4v) is 2.87. The molecule has 1 aliphatic rings. The van der Waals surface area contributed by atoms with Gasteiger partial charge in [-0.3, -0.25) is 5.43 Å². The van der Waals surface area contributed by atoms with Crippen molar-refractivity contribution in [1.29, 1.82) is 0 Å². The highest BCUT2D eigenvalue weighted by Crippen LogP contribution is 2.21. The van der Waals surface area contributed by atoms with E-state index in [1.165, 1.54) is 0 Å². The summed E-state index contributed by atoms with van der Waals surface area (Å²) >= 11 is 5.21. The maximum atomic E-state index is 9.76. The highest BCUT2D eigenvalue weighted by Gasteiger charge is 2.12. The van der Waals surface area contributed by atoms with Crippen molar-refractivity contribution in [2.75, 3.05) is 39.4 Å². The lowest BCUT2D eigenvalue weighted by atomic mass is 10.1. The van der Waals surface area contributed by atoms with Crippen LogP contribution in [0.2, 0.25) is 0 Å². The van der Waals surface area contributed by atoms with Crippen LogP contribution in [0.3, 0.4) is 0 Å². The molecule has 0 atom stereocenters. The average molecular weight is 351 g/mol. The van der Waals surface area contributed by atoms with E-state index in [2.05, 4.69) is 15.8 Å². The number of quaternary nitrogens is 1. The molecule has 0 spiro atoms. The second-order valence-electron chi connectivity index (χ2n) is 6.10. The van der Waals surface area contributed by atoms with Crippen LogP contribution in [0.5, 0.6) is 5.75 Å². The number of nitrogens with one attached hydrogen (secondary N) is 3. The number of hydrazone groups is 1. The second kappa shape index (κ2) is 9.56. The molecule has 7 heteroatoms. The summed E-state index contributed by atoms with van der Waals surface area (Å²) < 4.78 is 5.35. The van der Waals surface area contributed by atoms with E-state index in [0.29, 0.717) is 10.9 Å². The minimum atomic E-state index is 0.333. The molecule has 132 valence electrons. The zero-order valence-corrected chi connectivity index (χ0v) is 15.2. The summed E-state index contributed by atoms with van der Waals surface area (Å²) in [6, 6.07) is 3.77. The molecule has 0 amide bonds. The molecule has 1 heterocycles. The molecule has 1 saturated heterocycles. The molecule has 24 heavy (non-hydrogen) atoms. The predicted molar refractivity (Wildman–Crippen MR) is 99.9 cm³/mol. The number of benzene rings is 1. The molecule has 4 N–H and O–H groups in total. The zero-order chi connectivity index (χ0) is 17.4. The Morgan fingerprint density at radius 1 is 1.33 bits per heavy atom. The third kappa shape index (κ3) is 6.07. The molecule has 1 aromatic rings. The van der Waals surface area contributed by atoms with Gasteiger partial charge in [-0.25, -0.2) is 0 Å². The molecule has 0 radical (unpaired) electrons. The van der Waals surface area contributed by atoms with Gasteiger partial charge in [0.1, 0.15) is 18.8 Å². The monoisotopic (exact) mass is 351 g/mol. The fraction of sp³-hybridized carbons (Fsp3) is 0.529. The fourth-order valence-electron chi connectivity index (χ4n) is 2.72. The first-order valence-electron chi connectivity index (χ1n) is 8.34. The number of rotatable bonds is 6. The molecule has 6 nitrogen and oxygen atoms in total. The molecule has 0 aromatic heterocycles. The van der Waals surface area contributed by atoms with Gasteiger partial charge < -0.3 is 20.1 Å². The van der Waals surface area contributed by atoms with Gasteiger partial charge in [-0.1, -0.05) is 0 Å². The Balaban J connectivity index is 1.65. The number of aryl methyl sites for hydroxylation is 2. The van der Waals surface area contributed by atoms with Crippen LogP contribution in [-0.2, 0) is 4.74 Å². The Labute approximate surface area is 148 Å². The molecule has 0 aliphatic carbocycles. The van der Waals surface area contributed by atoms with Crippen LogP contribution in [0.25, 0.3) is 0 Å². The first-order chi connectivity index (χ1) is 11.6. The highest BCUT2D eigenvalue weighted by atomic mass is 32.1. The number of hydrogen-bond acceptors (Lipinski definition) is 4. The van der Waals surface area contributed by atoms with Gasteiger partial charge in [0.25, 0.3) is 0 Å². The Morgan fingerprint density at radius 2 is 2.00 bits per heavy atom. The lowest BCUT2D eigenvalue weighted by Crippen LogP contribution is -3.14. The lowest BCUT2D eigenvalue weighted by molar-refractivity contribution is -0.908. The van der Waals surface area contributed by atoms with E-state index in [0.717, 1.165) is 62.5 Å². The quantitative estimate of drug-likeness (QED) is 0.254. The Hall–Kier alpha value is -1.70. The summed E-state index contributed by atoms with van der Waals surface area (Å²) in [5, 5.41) is 17.6. The minimum Gasteiger partial charge on any atom is -0.507 e. The van der Waals surface area contributed by atoms with E-state index < -0.39 is 0 Å². The molecular weight excluding hydrogens is 324 g/mol. The van der Waals surface area contributed by atoms with Crippen molar-refractivity contribution in [3.8, 4) is 5.75 Å². The number of phenols is 1. The molecule has 0 bridgehead atoms. The standard InChI is InChI=1S/C17H26N4O2S/c1-13-10-15(11-14(2)16(13)22)12-19-20-17(24)18-4-3-5-21-6-8-23-9-7-21/h10-12,22H,3-9H2,1-2H3,(H2,18,20,24)/p+1/b19-12+. The smallest absolute Gasteiger partial charge is 0.186 e. The molecule has 1 aliphatic heterocycles. The summed E-state index contributed by atoms with van der Waals surface area (Å²) in [4.78, 5) is 1.60. The average Bonchev–Trinajstić information content (AvgIpc) is 2.57. The number of nitrogens with zero attached hydrogens (tertiary/aromatic N) is 1. The topological polar surface area (TPSA) is 70.3 Å². The maximum absolute atomic E-state index is 9.76. The van der Waals surface area contributed by atoms with Crippen molar-refractivity contribution >= 4 is 23.5 Å². The molecule has 0 saturated carbocycles. The number of aromatic hydroxyl groups is 1. The van der Waals surface area contributed by atoms with Crippen LogP contribution in [0.15, 0.2) is 17.2 Å². The summed E-state index contributed by atoms with van der Waals surface area (Å²) in [6.07, 6.45) is 2.77. The van der Waals surface area contributed by atoms with Gasteiger partial charge in [-0.15, -0.1) is 0 Å². The van der Waals surface area contributed by atoms with Crippen LogP contribution in [0.1, 0.15) is 23.1 Å². The number of morpholine rings is 1. The van der Waals surface area contributed by atoms with E-state index in [4.69, 9.17) is 17.0 Å². The Kier molecular flexibility index (Phi) is 7.42. The van der Waals surface area contributed by atoms with Gasteiger partial charge in [0.05, 0.1) is 26.0 Å². The number of thiocarbonyl (C=S) groups is 1. The normalized spacial score (nSPS) is 15.6. The van der Waals surface area contributed by atoms with Crippen LogP contribution in [0.4, 0.5) is 0 Å². The molecular formula is C17H27N4O2S+. The maximum Gasteiger partial charge on any atom is 0.186 e. The number of phenolic OH excluding ortho intramolecular Hbond substituents is 1. The van der Waals surface area contributed by atoms with Crippen LogP contribution < -0.4 is 15.6 Å². The molecule has 1 aromatic carbocycles. The van der Waals surface area contributed by atoms with Crippen molar-refractivity contribution in [2.45, 2.75) is 20.3 Å². The summed E-state index contributed by atoms with van der Waals surface area (Å²) in [5.41, 5.74) is 5.42. The van der Waals surface area contributed by atoms with Crippen LogP contribution in [0, 0.1) is 13.8 Å². The minimum absolute atomic E-state index is 0.333. The van der Waals surface area contributed by atoms with Crippen LogP contribution in [-0.4, -0.2) is 55.8 Å². The third-order valence-corrected chi connectivity index (χ3v) is 4.32. The predicted octanol–water partition coefficient (Wildman–Crippen LogP) is 0.112. The van der Waals surface area contributed by atoms with E-state index in [-0.39, 0.29) is 0 Å². The molecule has 1 fully saturated rings. The molecule has 2 rings (SSSR count). The van der Waals surface area contributed by atoms with Gasteiger partial charge in [0.2, 0.25) is 0 Å². The SMILES string of the molecule is Cc1cc(/C=N/NC(=S)NCCC[NH+]2CCOCC2)cc(C)c1O. The van der Waals surface area contributed by atoms with Crippen molar-refractivity contribution in [3.63, 3.8) is 0 Å². The molecule has 0 unspecified atom stereocenters. The first-order valence-corrected chi connectivity index (χ1v) is 8.75. The Bertz CT molecular complexity index is 563. The van der Waals surface area contributed by atoms with Crippen molar-refractivity contribution in [2.24, 2.45) is 5.10 Å². The van der Waals surface area contributed by atoms with Crippen molar-refractivity contribution in [3.05, 3.63) is 28.8 Å².